The Morgan fingerprint density at radius 2 is 1.63 bits per heavy atom. The summed E-state index contributed by atoms with van der Waals surface area (Å²) < 4.78 is 7.83. The first-order valence-corrected chi connectivity index (χ1v) is 8.43. The molecule has 0 saturated carbocycles. The van der Waals surface area contributed by atoms with Gasteiger partial charge >= 0.3 is 0 Å². The lowest BCUT2D eigenvalue weighted by molar-refractivity contribution is 0.337. The third-order valence-electron chi connectivity index (χ3n) is 2.71. The van der Waals surface area contributed by atoms with Crippen molar-refractivity contribution in [2.24, 2.45) is 0 Å². The Bertz CT molecular complexity index is 552. The van der Waals surface area contributed by atoms with Crippen molar-refractivity contribution in [1.82, 2.24) is 0 Å². The second kappa shape index (κ2) is 6.91. The number of benzene rings is 2. The minimum Gasteiger partial charge on any atom is -0.494 e. The minimum absolute atomic E-state index is 0.111. The van der Waals surface area contributed by atoms with E-state index < -0.39 is 0 Å². The molecule has 0 aliphatic carbocycles. The molecule has 0 radical (unpaired) electrons. The van der Waals surface area contributed by atoms with Gasteiger partial charge in [0, 0.05) is 14.5 Å². The lowest BCUT2D eigenvalue weighted by Crippen LogP contribution is -2.00. The first kappa shape index (κ1) is 15.1. The molecule has 1 nitrogen and oxygen atoms in total. The fourth-order valence-corrected chi connectivity index (χ4v) is 3.12. The molecule has 0 heterocycles. The summed E-state index contributed by atoms with van der Waals surface area (Å²) in [5.41, 5.74) is 2.32. The Kier molecular flexibility index (Phi) is 5.48. The molecule has 0 spiro atoms. The van der Waals surface area contributed by atoms with Crippen LogP contribution in [-0.4, -0.2) is 6.61 Å². The summed E-state index contributed by atoms with van der Waals surface area (Å²) in [6.07, 6.45) is 0. The van der Waals surface area contributed by atoms with Crippen LogP contribution >= 0.6 is 47.8 Å². The van der Waals surface area contributed by atoms with Crippen LogP contribution in [0.4, 0.5) is 0 Å². The zero-order chi connectivity index (χ0) is 13.8. The van der Waals surface area contributed by atoms with Crippen molar-refractivity contribution in [3.63, 3.8) is 0 Å². The van der Waals surface area contributed by atoms with Crippen molar-refractivity contribution >= 4 is 47.8 Å². The third-order valence-corrected chi connectivity index (χ3v) is 4.75. The molecule has 0 saturated heterocycles. The smallest absolute Gasteiger partial charge is 0.124 e. The van der Waals surface area contributed by atoms with E-state index >= 15 is 0 Å². The SMILES string of the molecule is CCOc1ccc(Br)cc1C(Br)c1ccc(Br)cc1. The van der Waals surface area contributed by atoms with Crippen molar-refractivity contribution in [3.8, 4) is 5.75 Å². The van der Waals surface area contributed by atoms with E-state index in [0.29, 0.717) is 6.61 Å². The van der Waals surface area contributed by atoms with Crippen LogP contribution in [0.1, 0.15) is 22.9 Å². The van der Waals surface area contributed by atoms with Crippen LogP contribution in [0.3, 0.4) is 0 Å². The molecule has 1 unspecified atom stereocenters. The van der Waals surface area contributed by atoms with Crippen molar-refractivity contribution in [2.75, 3.05) is 6.61 Å². The maximum atomic E-state index is 5.70. The zero-order valence-corrected chi connectivity index (χ0v) is 15.1. The van der Waals surface area contributed by atoms with Crippen molar-refractivity contribution in [2.45, 2.75) is 11.8 Å². The first-order chi connectivity index (χ1) is 9.11. The van der Waals surface area contributed by atoms with Gasteiger partial charge in [-0.15, -0.1) is 0 Å². The maximum Gasteiger partial charge on any atom is 0.124 e. The molecule has 0 aliphatic heterocycles. The lowest BCUT2D eigenvalue weighted by Gasteiger charge is -2.16. The molecule has 19 heavy (non-hydrogen) atoms. The number of hydrogen-bond donors (Lipinski definition) is 0. The van der Waals surface area contributed by atoms with Crippen LogP contribution in [0.5, 0.6) is 5.75 Å². The topological polar surface area (TPSA) is 9.23 Å². The van der Waals surface area contributed by atoms with Gasteiger partial charge in [0.1, 0.15) is 5.75 Å². The highest BCUT2D eigenvalue weighted by Gasteiger charge is 2.15. The van der Waals surface area contributed by atoms with Crippen LogP contribution in [0.15, 0.2) is 51.4 Å². The molecule has 2 aromatic carbocycles. The van der Waals surface area contributed by atoms with Crippen LogP contribution in [0, 0.1) is 0 Å². The molecule has 100 valence electrons. The average molecular weight is 449 g/mol. The lowest BCUT2D eigenvalue weighted by atomic mass is 10.0. The Morgan fingerprint density at radius 1 is 1.00 bits per heavy atom. The van der Waals surface area contributed by atoms with E-state index in [9.17, 15) is 0 Å². The van der Waals surface area contributed by atoms with E-state index in [4.69, 9.17) is 4.74 Å². The van der Waals surface area contributed by atoms with E-state index in [2.05, 4.69) is 66.0 Å². The molecule has 0 bridgehead atoms. The number of alkyl halides is 1. The van der Waals surface area contributed by atoms with Gasteiger partial charge in [-0.05, 0) is 42.8 Å². The number of halogens is 3. The van der Waals surface area contributed by atoms with Gasteiger partial charge < -0.3 is 4.74 Å². The highest BCUT2D eigenvalue weighted by molar-refractivity contribution is 9.10. The molecule has 4 heteroatoms. The fourth-order valence-electron chi connectivity index (χ4n) is 1.82. The van der Waals surface area contributed by atoms with Crippen LogP contribution in [0.2, 0.25) is 0 Å². The molecule has 2 aromatic rings. The normalized spacial score (nSPS) is 12.2. The van der Waals surface area contributed by atoms with Crippen LogP contribution in [-0.2, 0) is 0 Å². The van der Waals surface area contributed by atoms with E-state index in [1.807, 2.05) is 31.2 Å². The fraction of sp³-hybridized carbons (Fsp3) is 0.200. The van der Waals surface area contributed by atoms with E-state index in [1.165, 1.54) is 5.56 Å². The molecule has 0 aromatic heterocycles. The third kappa shape index (κ3) is 3.83. The second-order valence-corrected chi connectivity index (χ2v) is 6.78. The molecule has 0 aliphatic rings. The van der Waals surface area contributed by atoms with Crippen molar-refractivity contribution in [1.29, 1.82) is 0 Å². The van der Waals surface area contributed by atoms with Crippen molar-refractivity contribution in [3.05, 3.63) is 62.5 Å². The second-order valence-electron chi connectivity index (χ2n) is 4.03. The molecule has 0 fully saturated rings. The minimum atomic E-state index is 0.111. The Balaban J connectivity index is 2.39. The van der Waals surface area contributed by atoms with E-state index in [0.717, 1.165) is 20.3 Å². The molecular weight excluding hydrogens is 436 g/mol. The van der Waals surface area contributed by atoms with Gasteiger partial charge in [-0.25, -0.2) is 0 Å². The summed E-state index contributed by atoms with van der Waals surface area (Å²) in [6.45, 7) is 2.66. The summed E-state index contributed by atoms with van der Waals surface area (Å²) >= 11 is 10.7. The zero-order valence-electron chi connectivity index (χ0n) is 10.4. The van der Waals surface area contributed by atoms with Gasteiger partial charge in [0.05, 0.1) is 11.4 Å². The molecular formula is C15H13Br3O. The summed E-state index contributed by atoms with van der Waals surface area (Å²) in [5, 5.41) is 0. The Labute approximate surface area is 138 Å². The van der Waals surface area contributed by atoms with Crippen LogP contribution < -0.4 is 4.74 Å². The van der Waals surface area contributed by atoms with Crippen molar-refractivity contribution < 1.29 is 4.74 Å². The van der Waals surface area contributed by atoms with Gasteiger partial charge in [0.2, 0.25) is 0 Å². The maximum absolute atomic E-state index is 5.70. The highest BCUT2D eigenvalue weighted by Crippen LogP contribution is 2.38. The predicted octanol–water partition coefficient (Wildman–Crippen LogP) is 6.09. The number of ether oxygens (including phenoxy) is 1. The van der Waals surface area contributed by atoms with Gasteiger partial charge in [-0.1, -0.05) is 59.9 Å². The Morgan fingerprint density at radius 3 is 2.26 bits per heavy atom. The van der Waals surface area contributed by atoms with E-state index in [-0.39, 0.29) is 4.83 Å². The van der Waals surface area contributed by atoms with Gasteiger partial charge in [-0.2, -0.15) is 0 Å². The average Bonchev–Trinajstić information content (AvgIpc) is 2.41. The summed E-state index contributed by atoms with van der Waals surface area (Å²) in [5.74, 6) is 0.912. The summed E-state index contributed by atoms with van der Waals surface area (Å²) in [7, 11) is 0. The predicted molar refractivity (Wildman–Crippen MR) is 90.2 cm³/mol. The summed E-state index contributed by atoms with van der Waals surface area (Å²) in [6, 6.07) is 14.4. The molecule has 1 atom stereocenters. The van der Waals surface area contributed by atoms with Gasteiger partial charge in [0.25, 0.3) is 0 Å². The largest absolute Gasteiger partial charge is 0.494 e. The van der Waals surface area contributed by atoms with Crippen LogP contribution in [0.25, 0.3) is 0 Å². The molecule has 2 rings (SSSR count). The highest BCUT2D eigenvalue weighted by atomic mass is 79.9. The van der Waals surface area contributed by atoms with Gasteiger partial charge in [-0.3, -0.25) is 0 Å². The van der Waals surface area contributed by atoms with E-state index in [1.54, 1.807) is 0 Å². The number of hydrogen-bond acceptors (Lipinski definition) is 1. The first-order valence-electron chi connectivity index (χ1n) is 5.93. The monoisotopic (exact) mass is 446 g/mol. The Hall–Kier alpha value is -0.320. The van der Waals surface area contributed by atoms with Gasteiger partial charge in [0.15, 0.2) is 0 Å². The number of rotatable bonds is 4. The molecule has 0 amide bonds. The standard InChI is InChI=1S/C15H13Br3O/c1-2-19-14-8-7-12(17)9-13(14)15(18)10-3-5-11(16)6-4-10/h3-9,15H,2H2,1H3. The summed E-state index contributed by atoms with van der Waals surface area (Å²) in [4.78, 5) is 0.111. The molecule has 0 N–H and O–H groups in total. The quantitative estimate of drug-likeness (QED) is 0.514.